The largest absolute Gasteiger partial charge is 0.449 e. The highest BCUT2D eigenvalue weighted by molar-refractivity contribution is 6.10. The van der Waals surface area contributed by atoms with Gasteiger partial charge in [-0.15, -0.1) is 0 Å². The van der Waals surface area contributed by atoms with Gasteiger partial charge in [-0.3, -0.25) is 9.69 Å². The molecule has 0 saturated heterocycles. The van der Waals surface area contributed by atoms with Crippen LogP contribution in [0.25, 0.3) is 11.4 Å². The molecule has 3 aromatic rings. The molecule has 0 N–H and O–H groups in total. The number of rotatable bonds is 4. The quantitative estimate of drug-likeness (QED) is 0.554. The van der Waals surface area contributed by atoms with E-state index in [0.717, 1.165) is 11.1 Å². The molecule has 0 fully saturated rings. The summed E-state index contributed by atoms with van der Waals surface area (Å²) in [4.78, 5) is 34.3. The van der Waals surface area contributed by atoms with Crippen LogP contribution in [-0.2, 0) is 4.74 Å². The second-order valence-corrected chi connectivity index (χ2v) is 8.19. The number of hydrogen-bond acceptors (Lipinski definition) is 6. The summed E-state index contributed by atoms with van der Waals surface area (Å²) in [6, 6.07) is 10.9. The fourth-order valence-electron chi connectivity index (χ4n) is 4.09. The summed E-state index contributed by atoms with van der Waals surface area (Å²) >= 11 is 0. The molecule has 1 aliphatic rings. The van der Waals surface area contributed by atoms with Gasteiger partial charge in [0.15, 0.2) is 0 Å². The number of nitrogens with zero attached hydrogens (tertiary/aromatic N) is 4. The number of benzene rings is 2. The molecule has 33 heavy (non-hydrogen) atoms. The number of carbonyl (C=O) groups excluding carboxylic acids is 2. The topological polar surface area (TPSA) is 88.8 Å². The Morgan fingerprint density at radius 1 is 1.09 bits per heavy atom. The maximum Gasteiger partial charge on any atom is 0.414 e. The Hall–Kier alpha value is -3.68. The first-order chi connectivity index (χ1) is 15.8. The summed E-state index contributed by atoms with van der Waals surface area (Å²) in [5.41, 5.74) is 4.69. The van der Waals surface area contributed by atoms with E-state index in [9.17, 15) is 9.59 Å². The van der Waals surface area contributed by atoms with E-state index in [1.807, 2.05) is 45.0 Å². The van der Waals surface area contributed by atoms with Gasteiger partial charge in [-0.25, -0.2) is 4.79 Å². The average molecular weight is 449 g/mol. The lowest BCUT2D eigenvalue weighted by molar-refractivity contribution is 0.0981. The van der Waals surface area contributed by atoms with Crippen molar-refractivity contribution in [1.29, 1.82) is 0 Å². The predicted octanol–water partition coefficient (Wildman–Crippen LogP) is 5.06. The van der Waals surface area contributed by atoms with E-state index in [1.54, 1.807) is 35.8 Å². The normalized spacial score (nSPS) is 15.4. The minimum Gasteiger partial charge on any atom is -0.449 e. The Morgan fingerprint density at radius 2 is 1.82 bits per heavy atom. The molecule has 0 aliphatic carbocycles. The molecule has 8 nitrogen and oxygen atoms in total. The molecule has 0 saturated carbocycles. The van der Waals surface area contributed by atoms with E-state index in [1.165, 1.54) is 0 Å². The van der Waals surface area contributed by atoms with Crippen LogP contribution in [0.5, 0.6) is 0 Å². The number of fused-ring (bicyclic) bond motifs is 1. The Labute approximate surface area is 193 Å². The summed E-state index contributed by atoms with van der Waals surface area (Å²) in [7, 11) is 0. The summed E-state index contributed by atoms with van der Waals surface area (Å²) < 4.78 is 10.4. The average Bonchev–Trinajstić information content (AvgIpc) is 3.25. The van der Waals surface area contributed by atoms with E-state index >= 15 is 0 Å². The monoisotopic (exact) mass is 448 g/mol. The number of ether oxygens (including phenoxy) is 1. The standard InChI is InChI=1S/C25H28N4O4/c1-6-20-14-28(21-11-15(3)16(4)12-22(21)29(20)25(31)32-7-2)24(30)19-10-8-9-18(13-19)23-26-17(5)33-27-23/h8-13,20H,6-7,14H2,1-5H3. The second-order valence-electron chi connectivity index (χ2n) is 8.19. The zero-order valence-corrected chi connectivity index (χ0v) is 19.6. The predicted molar refractivity (Wildman–Crippen MR) is 126 cm³/mol. The molecule has 8 heteroatoms. The van der Waals surface area contributed by atoms with Gasteiger partial charge in [0.1, 0.15) is 0 Å². The molecule has 2 heterocycles. The van der Waals surface area contributed by atoms with Crippen LogP contribution in [0.2, 0.25) is 0 Å². The molecular formula is C25H28N4O4. The molecule has 2 aromatic carbocycles. The van der Waals surface area contributed by atoms with Crippen LogP contribution >= 0.6 is 0 Å². The highest BCUT2D eigenvalue weighted by Gasteiger charge is 2.37. The number of carbonyl (C=O) groups is 2. The number of amides is 2. The van der Waals surface area contributed by atoms with Crippen LogP contribution in [0.1, 0.15) is 47.6 Å². The van der Waals surface area contributed by atoms with Crippen molar-refractivity contribution in [2.45, 2.75) is 47.1 Å². The number of anilines is 2. The Bertz CT molecular complexity index is 1200. The lowest BCUT2D eigenvalue weighted by Gasteiger charge is -2.42. The molecule has 1 unspecified atom stereocenters. The third kappa shape index (κ3) is 4.20. The Balaban J connectivity index is 1.78. The number of aromatic nitrogens is 2. The van der Waals surface area contributed by atoms with Gasteiger partial charge in [0.25, 0.3) is 5.91 Å². The van der Waals surface area contributed by atoms with E-state index in [-0.39, 0.29) is 18.6 Å². The van der Waals surface area contributed by atoms with Crippen LogP contribution < -0.4 is 9.80 Å². The molecule has 0 bridgehead atoms. The van der Waals surface area contributed by atoms with Gasteiger partial charge >= 0.3 is 6.09 Å². The van der Waals surface area contributed by atoms with Crippen molar-refractivity contribution in [2.75, 3.05) is 23.0 Å². The molecule has 172 valence electrons. The third-order valence-corrected chi connectivity index (χ3v) is 5.98. The van der Waals surface area contributed by atoms with Gasteiger partial charge in [0, 0.05) is 24.6 Å². The fourth-order valence-corrected chi connectivity index (χ4v) is 4.09. The van der Waals surface area contributed by atoms with Crippen molar-refractivity contribution in [1.82, 2.24) is 10.1 Å². The van der Waals surface area contributed by atoms with Gasteiger partial charge in [-0.05, 0) is 62.6 Å². The van der Waals surface area contributed by atoms with Crippen molar-refractivity contribution >= 4 is 23.4 Å². The van der Waals surface area contributed by atoms with Crippen molar-refractivity contribution in [3.05, 3.63) is 59.0 Å². The van der Waals surface area contributed by atoms with Gasteiger partial charge in [-0.1, -0.05) is 24.2 Å². The fraction of sp³-hybridized carbons (Fsp3) is 0.360. The van der Waals surface area contributed by atoms with E-state index in [0.29, 0.717) is 47.2 Å². The van der Waals surface area contributed by atoms with Gasteiger partial charge in [0.2, 0.25) is 11.7 Å². The highest BCUT2D eigenvalue weighted by atomic mass is 16.6. The second kappa shape index (κ2) is 9.05. The summed E-state index contributed by atoms with van der Waals surface area (Å²) in [6.07, 6.45) is 0.285. The molecule has 4 rings (SSSR count). The van der Waals surface area contributed by atoms with Crippen molar-refractivity contribution in [3.63, 3.8) is 0 Å². The maximum absolute atomic E-state index is 13.7. The first-order valence-electron chi connectivity index (χ1n) is 11.1. The first-order valence-corrected chi connectivity index (χ1v) is 11.1. The smallest absolute Gasteiger partial charge is 0.414 e. The number of hydrogen-bond donors (Lipinski definition) is 0. The molecule has 2 amide bonds. The highest BCUT2D eigenvalue weighted by Crippen LogP contribution is 2.39. The van der Waals surface area contributed by atoms with Crippen molar-refractivity contribution in [3.8, 4) is 11.4 Å². The molecule has 0 radical (unpaired) electrons. The molecule has 0 spiro atoms. The van der Waals surface area contributed by atoms with Gasteiger partial charge in [-0.2, -0.15) is 4.98 Å². The van der Waals surface area contributed by atoms with Crippen molar-refractivity contribution in [2.24, 2.45) is 0 Å². The van der Waals surface area contributed by atoms with Crippen LogP contribution in [0.15, 0.2) is 40.9 Å². The van der Waals surface area contributed by atoms with E-state index < -0.39 is 6.09 Å². The van der Waals surface area contributed by atoms with Crippen LogP contribution in [0, 0.1) is 20.8 Å². The summed E-state index contributed by atoms with van der Waals surface area (Å²) in [5, 5.41) is 3.96. The minimum absolute atomic E-state index is 0.150. The lowest BCUT2D eigenvalue weighted by Crippen LogP contribution is -2.53. The lowest BCUT2D eigenvalue weighted by atomic mass is 9.99. The summed E-state index contributed by atoms with van der Waals surface area (Å²) in [5.74, 6) is 0.749. The van der Waals surface area contributed by atoms with Gasteiger partial charge in [0.05, 0.1) is 24.0 Å². The van der Waals surface area contributed by atoms with Crippen molar-refractivity contribution < 1.29 is 18.8 Å². The van der Waals surface area contributed by atoms with Crippen LogP contribution in [0.4, 0.5) is 16.2 Å². The molecule has 1 aromatic heterocycles. The van der Waals surface area contributed by atoms with E-state index in [4.69, 9.17) is 9.26 Å². The summed E-state index contributed by atoms with van der Waals surface area (Å²) in [6.45, 7) is 10.2. The molecular weight excluding hydrogens is 420 g/mol. The zero-order valence-electron chi connectivity index (χ0n) is 19.6. The first kappa shape index (κ1) is 22.5. The van der Waals surface area contributed by atoms with E-state index in [2.05, 4.69) is 10.1 Å². The SMILES string of the molecule is CCOC(=O)N1c2cc(C)c(C)cc2N(C(=O)c2cccc(-c3noc(C)n3)c2)CC1CC. The molecule has 1 atom stereocenters. The zero-order chi connectivity index (χ0) is 23.7. The number of aryl methyl sites for hydroxylation is 3. The maximum atomic E-state index is 13.7. The molecule has 1 aliphatic heterocycles. The van der Waals surface area contributed by atoms with Crippen LogP contribution in [0.3, 0.4) is 0 Å². The Kier molecular flexibility index (Phi) is 6.18. The van der Waals surface area contributed by atoms with Gasteiger partial charge < -0.3 is 14.2 Å². The van der Waals surface area contributed by atoms with Crippen LogP contribution in [-0.4, -0.2) is 41.3 Å². The minimum atomic E-state index is -0.393. The Morgan fingerprint density at radius 3 is 2.45 bits per heavy atom. The third-order valence-electron chi connectivity index (χ3n) is 5.98.